The van der Waals surface area contributed by atoms with Gasteiger partial charge in [0.2, 0.25) is 0 Å². The van der Waals surface area contributed by atoms with Crippen LogP contribution in [0, 0.1) is 48.5 Å². The van der Waals surface area contributed by atoms with Gasteiger partial charge in [-0.3, -0.25) is 0 Å². The third-order valence-electron chi connectivity index (χ3n) is 7.55. The van der Waals surface area contributed by atoms with E-state index in [2.05, 4.69) is 159 Å². The van der Waals surface area contributed by atoms with Crippen LogP contribution < -0.4 is 0 Å². The van der Waals surface area contributed by atoms with Gasteiger partial charge in [0.25, 0.3) is 0 Å². The van der Waals surface area contributed by atoms with Crippen LogP contribution in [0.3, 0.4) is 0 Å². The Morgan fingerprint density at radius 2 is 0.933 bits per heavy atom. The molecule has 45 heavy (non-hydrogen) atoms. The van der Waals surface area contributed by atoms with Crippen molar-refractivity contribution in [2.75, 3.05) is 0 Å². The maximum atomic E-state index is 3.25. The van der Waals surface area contributed by atoms with E-state index in [1.165, 1.54) is 101 Å². The summed E-state index contributed by atoms with van der Waals surface area (Å²) >= 11 is 1.36. The molecule has 2 radical (unpaired) electrons. The Balaban J connectivity index is 0.000000712. The Hall–Kier alpha value is -2.22. The summed E-state index contributed by atoms with van der Waals surface area (Å²) in [7, 11) is 0. The molecule has 4 heteroatoms. The fraction of sp³-hybridized carbons (Fsp3) is 0.220. The summed E-state index contributed by atoms with van der Waals surface area (Å²) in [5.74, 6) is 0. The number of halogens is 2. The molecule has 238 valence electrons. The quantitative estimate of drug-likeness (QED) is 0.126. The molecule has 6 rings (SSSR count). The van der Waals surface area contributed by atoms with Gasteiger partial charge in [-0.05, 0) is 31.4 Å². The van der Waals surface area contributed by atoms with Gasteiger partial charge >= 0.3 is 30.2 Å². The van der Waals surface area contributed by atoms with Crippen molar-refractivity contribution in [1.29, 1.82) is 0 Å². The Morgan fingerprint density at radius 1 is 0.556 bits per heavy atom. The Kier molecular flexibility index (Phi) is 20.5. The standard InChI is InChI=1S/C19H19.C18H17.2C2H5.2ClH.Si.Zr/c1-4-15-11-18-14(3)7-10-17(19(18)12-15)16-8-5-13(2)6-9-16;1-12-4-7-15(8-5-12)16-9-6-14(3)17-10-13(2)11-18(16)17;2*1-2;;;;/h5-12H,4H2,1-3H3;4-11H,1-3H3;2*1H2,2H3;2*1H;;/q4*-1;;;;. The van der Waals surface area contributed by atoms with E-state index in [9.17, 15) is 0 Å². The first kappa shape index (κ1) is 42.8. The summed E-state index contributed by atoms with van der Waals surface area (Å²) < 4.78 is 0. The average molecular weight is 731 g/mol. The molecule has 0 aromatic heterocycles. The third kappa shape index (κ3) is 10.9. The van der Waals surface area contributed by atoms with Gasteiger partial charge in [0.15, 0.2) is 0 Å². The predicted molar refractivity (Wildman–Crippen MR) is 205 cm³/mol. The second kappa shape index (κ2) is 21.6. The number of hydrogen-bond acceptors (Lipinski definition) is 0. The van der Waals surface area contributed by atoms with E-state index in [0.29, 0.717) is 0 Å². The zero-order valence-electron chi connectivity index (χ0n) is 28.2. The number of hydrogen-bond donors (Lipinski definition) is 0. The first-order chi connectivity index (χ1) is 20.8. The maximum absolute atomic E-state index is 3.25. The van der Waals surface area contributed by atoms with Gasteiger partial charge in [-0.15, -0.1) is 92.9 Å². The van der Waals surface area contributed by atoms with Gasteiger partial charge in [-0.1, -0.05) is 111 Å². The topological polar surface area (TPSA) is 0 Å². The van der Waals surface area contributed by atoms with Crippen LogP contribution in [0.2, 0.25) is 0 Å². The van der Waals surface area contributed by atoms with Crippen LogP contribution in [-0.4, -0.2) is 6.88 Å². The van der Waals surface area contributed by atoms with Gasteiger partial charge in [-0.2, -0.15) is 26.0 Å². The fourth-order valence-electron chi connectivity index (χ4n) is 5.27. The number of aryl methyl sites for hydroxylation is 6. The van der Waals surface area contributed by atoms with E-state index < -0.39 is 0 Å². The molecule has 0 saturated carbocycles. The molecule has 0 heterocycles. The molecule has 0 spiro atoms. The van der Waals surface area contributed by atoms with Crippen LogP contribution in [0.5, 0.6) is 0 Å². The molecule has 0 nitrogen and oxygen atoms in total. The Labute approximate surface area is 302 Å². The second-order valence-electron chi connectivity index (χ2n) is 10.5. The first-order valence-electron chi connectivity index (χ1n) is 15.0. The number of benzene rings is 4. The van der Waals surface area contributed by atoms with Crippen molar-refractivity contribution in [3.63, 3.8) is 0 Å². The molecule has 6 aromatic carbocycles. The summed E-state index contributed by atoms with van der Waals surface area (Å²) in [6.07, 6.45) is 1.10. The Morgan fingerprint density at radius 3 is 1.33 bits per heavy atom. The molecule has 0 unspecified atom stereocenters. The van der Waals surface area contributed by atoms with Crippen LogP contribution in [-0.2, 0) is 29.8 Å². The predicted octanol–water partition coefficient (Wildman–Crippen LogP) is 12.7. The van der Waals surface area contributed by atoms with E-state index >= 15 is 0 Å². The van der Waals surface area contributed by atoms with Crippen LogP contribution in [0.25, 0.3) is 43.8 Å². The van der Waals surface area contributed by atoms with Crippen molar-refractivity contribution in [3.8, 4) is 22.3 Å². The SMILES string of the molecule is CCc1cc2c(-c3ccc(C)cc3)ccc(C)c2[cH-]1.Cc1ccc(-c2ccc(C)c3[cH-]c(C)cc23)cc1.Cl.Cl.[CH2-]C.[CH2-]C.[Si]=[Zr]. The summed E-state index contributed by atoms with van der Waals surface area (Å²) in [6, 6.07) is 35.8. The van der Waals surface area contributed by atoms with Gasteiger partial charge in [-0.25, -0.2) is 0 Å². The molecular formula is C41H48Cl2SiZr-4. The van der Waals surface area contributed by atoms with Gasteiger partial charge in [0, 0.05) is 0 Å². The van der Waals surface area contributed by atoms with Crippen molar-refractivity contribution in [3.05, 3.63) is 144 Å². The van der Waals surface area contributed by atoms with Crippen molar-refractivity contribution in [2.24, 2.45) is 0 Å². The normalized spacial score (nSPS) is 9.44. The molecular weight excluding hydrogens is 683 g/mol. The van der Waals surface area contributed by atoms with E-state index in [1.54, 1.807) is 13.8 Å². The van der Waals surface area contributed by atoms with Gasteiger partial charge in [0.1, 0.15) is 0 Å². The minimum absolute atomic E-state index is 0. The molecule has 0 aliphatic heterocycles. The summed E-state index contributed by atoms with van der Waals surface area (Å²) in [5, 5.41) is 5.54. The molecule has 6 aromatic rings. The van der Waals surface area contributed by atoms with Gasteiger partial charge < -0.3 is 13.8 Å². The molecule has 0 N–H and O–H groups in total. The molecule has 0 bridgehead atoms. The van der Waals surface area contributed by atoms with Crippen molar-refractivity contribution in [2.45, 2.75) is 61.8 Å². The van der Waals surface area contributed by atoms with Crippen molar-refractivity contribution >= 4 is 53.2 Å². The van der Waals surface area contributed by atoms with E-state index in [0.717, 1.165) is 6.42 Å². The van der Waals surface area contributed by atoms with E-state index in [4.69, 9.17) is 0 Å². The molecule has 0 aliphatic rings. The van der Waals surface area contributed by atoms with Crippen LogP contribution in [0.1, 0.15) is 54.2 Å². The zero-order chi connectivity index (χ0) is 32.1. The van der Waals surface area contributed by atoms with E-state index in [1.807, 2.05) is 0 Å². The molecule has 0 fully saturated rings. The van der Waals surface area contributed by atoms with E-state index in [-0.39, 0.29) is 24.8 Å². The molecule has 0 amide bonds. The summed E-state index contributed by atoms with van der Waals surface area (Å²) in [6.45, 7) is 26.1. The molecule has 0 saturated heterocycles. The molecule has 0 aliphatic carbocycles. The van der Waals surface area contributed by atoms with Crippen molar-refractivity contribution < 1.29 is 23.3 Å². The van der Waals surface area contributed by atoms with Crippen LogP contribution >= 0.6 is 24.8 Å². The summed E-state index contributed by atoms with van der Waals surface area (Å²) in [4.78, 5) is 0. The number of rotatable bonds is 3. The summed E-state index contributed by atoms with van der Waals surface area (Å²) in [5.41, 5.74) is 13.4. The third-order valence-corrected chi connectivity index (χ3v) is 7.55. The molecule has 0 atom stereocenters. The van der Waals surface area contributed by atoms with Crippen molar-refractivity contribution in [1.82, 2.24) is 0 Å². The van der Waals surface area contributed by atoms with Crippen LogP contribution in [0.15, 0.2) is 97.1 Å². The van der Waals surface area contributed by atoms with Gasteiger partial charge in [0.05, 0.1) is 0 Å². The Bertz CT molecular complexity index is 1710. The zero-order valence-corrected chi connectivity index (χ0v) is 33.3. The minimum atomic E-state index is 0. The first-order valence-corrected chi connectivity index (χ1v) is 19.2. The monoisotopic (exact) mass is 728 g/mol. The van der Waals surface area contributed by atoms with Crippen LogP contribution in [0.4, 0.5) is 0 Å². The second-order valence-corrected chi connectivity index (χ2v) is 10.5. The number of fused-ring (bicyclic) bond motifs is 2. The average Bonchev–Trinajstić information content (AvgIpc) is 3.67. The fourth-order valence-corrected chi connectivity index (χ4v) is 5.27.